The summed E-state index contributed by atoms with van der Waals surface area (Å²) in [7, 11) is 0. The van der Waals surface area contributed by atoms with E-state index in [-0.39, 0.29) is 56.5 Å². The van der Waals surface area contributed by atoms with E-state index in [1.807, 2.05) is 0 Å². The Bertz CT molecular complexity index is 1500. The number of ketones is 1. The summed E-state index contributed by atoms with van der Waals surface area (Å²) in [4.78, 5) is 112. The zero-order chi connectivity index (χ0) is 39.2. The second kappa shape index (κ2) is 19.7. The van der Waals surface area contributed by atoms with Crippen LogP contribution in [0.3, 0.4) is 0 Å². The number of carbonyl (C=O) groups is 9. The van der Waals surface area contributed by atoms with E-state index in [0.29, 0.717) is 18.4 Å². The van der Waals surface area contributed by atoms with Crippen LogP contribution < -0.4 is 32.3 Å². The lowest BCUT2D eigenvalue weighted by molar-refractivity contribution is -0.145. The predicted octanol–water partition coefficient (Wildman–Crippen LogP) is -0.0605. The number of aliphatic carboxylic acids is 1. The summed E-state index contributed by atoms with van der Waals surface area (Å²) in [6.45, 7) is 8.18. The van der Waals surface area contributed by atoms with Gasteiger partial charge in [0.1, 0.15) is 24.7 Å². The highest BCUT2D eigenvalue weighted by atomic mass is 16.5. The summed E-state index contributed by atoms with van der Waals surface area (Å²) in [5.41, 5.74) is 5.53. The normalized spacial score (nSPS) is 14.8. The molecule has 2 rings (SSSR count). The molecule has 8 N–H and O–H groups in total. The molecule has 18 nitrogen and oxygen atoms in total. The molecule has 0 spiro atoms. The van der Waals surface area contributed by atoms with Crippen molar-refractivity contribution in [1.82, 2.24) is 26.2 Å². The minimum absolute atomic E-state index is 0.119. The number of hydrogen-bond donors (Lipinski definition) is 7. The van der Waals surface area contributed by atoms with E-state index >= 15 is 0 Å². The Morgan fingerprint density at radius 1 is 0.865 bits per heavy atom. The van der Waals surface area contributed by atoms with Gasteiger partial charge in [-0.2, -0.15) is 0 Å². The summed E-state index contributed by atoms with van der Waals surface area (Å²) in [5.74, 6) is -5.65. The van der Waals surface area contributed by atoms with Gasteiger partial charge in [0.05, 0.1) is 18.9 Å². The first-order chi connectivity index (χ1) is 24.3. The molecule has 0 aromatic heterocycles. The topological polar surface area (TPSA) is 272 Å². The summed E-state index contributed by atoms with van der Waals surface area (Å²) in [5, 5.41) is 21.3. The second-order valence-corrected chi connectivity index (χ2v) is 13.5. The van der Waals surface area contributed by atoms with E-state index in [4.69, 9.17) is 15.6 Å². The van der Waals surface area contributed by atoms with Crippen molar-refractivity contribution in [1.29, 1.82) is 0 Å². The van der Waals surface area contributed by atoms with E-state index in [1.54, 1.807) is 32.9 Å². The Hall–Kier alpha value is -5.55. The molecule has 1 saturated heterocycles. The number of primary amides is 1. The number of nitrogens with zero attached hydrogens (tertiary/aromatic N) is 1. The maximum atomic E-state index is 13.0. The largest absolute Gasteiger partial charge is 0.481 e. The van der Waals surface area contributed by atoms with Gasteiger partial charge in [-0.15, -0.1) is 0 Å². The molecule has 7 amide bonds. The molecule has 0 bridgehead atoms. The number of nitrogens with two attached hydrogens (primary N) is 1. The monoisotopic (exact) mass is 731 g/mol. The molecule has 18 heteroatoms. The second-order valence-electron chi connectivity index (χ2n) is 13.5. The molecule has 52 heavy (non-hydrogen) atoms. The van der Waals surface area contributed by atoms with Gasteiger partial charge in [0.15, 0.2) is 5.78 Å². The summed E-state index contributed by atoms with van der Waals surface area (Å²) in [6.07, 6.45) is -0.990. The smallest absolute Gasteiger partial charge is 0.407 e. The third-order valence-corrected chi connectivity index (χ3v) is 8.15. The van der Waals surface area contributed by atoms with Crippen LogP contribution in [0, 0.1) is 11.3 Å². The maximum absolute atomic E-state index is 13.0. The first-order valence-corrected chi connectivity index (χ1v) is 16.8. The third-order valence-electron chi connectivity index (χ3n) is 8.15. The predicted molar refractivity (Wildman–Crippen MR) is 185 cm³/mol. The average molecular weight is 732 g/mol. The number of hydrogen-bond acceptors (Lipinski definition) is 10. The van der Waals surface area contributed by atoms with Crippen LogP contribution in [-0.2, 0) is 49.7 Å². The van der Waals surface area contributed by atoms with Gasteiger partial charge in [-0.25, -0.2) is 4.79 Å². The number of carboxylic acid groups (broad SMARTS) is 1. The number of anilines is 1. The lowest BCUT2D eigenvalue weighted by Crippen LogP contribution is -2.55. The van der Waals surface area contributed by atoms with Crippen LogP contribution in [0.2, 0.25) is 0 Å². The summed E-state index contributed by atoms with van der Waals surface area (Å²) < 4.78 is 5.10. The molecular weight excluding hydrogens is 682 g/mol. The quantitative estimate of drug-likeness (QED) is 0.112. The zero-order valence-electron chi connectivity index (χ0n) is 30.0. The van der Waals surface area contributed by atoms with Gasteiger partial charge in [-0.1, -0.05) is 32.9 Å². The van der Waals surface area contributed by atoms with Gasteiger partial charge in [0.25, 0.3) is 0 Å². The number of ether oxygens (including phenoxy) is 1. The lowest BCUT2D eigenvalue weighted by atomic mass is 9.91. The molecule has 0 saturated carbocycles. The first-order valence-electron chi connectivity index (χ1n) is 16.8. The standard InChI is InChI=1S/C34H49N7O11/c1-19(37-27(44)10-11-28(45)41-14-12-22(13-15-41)32(49)50)29(46)38-20(2)30(47)40-24(16-26(35)43)31(48)39-23-8-6-21(7-9-23)18-52-33(51)36-17-25(42)34(3,4)5/h6-9,19-20,22,24H,10-18H2,1-5H3,(H2,35,43)(H,36,51)(H,37,44)(H,38,46)(H,39,48)(H,40,47)(H,49,50)/t19-,20-,24-/m0/s1. The van der Waals surface area contributed by atoms with Gasteiger partial charge >= 0.3 is 12.1 Å². The number of piperidine rings is 1. The fourth-order valence-corrected chi connectivity index (χ4v) is 4.78. The Morgan fingerprint density at radius 2 is 1.44 bits per heavy atom. The van der Waals surface area contributed by atoms with Crippen LogP contribution in [-0.4, -0.2) is 101 Å². The Balaban J connectivity index is 1.82. The molecule has 0 radical (unpaired) electrons. The van der Waals surface area contributed by atoms with Gasteiger partial charge in [0, 0.05) is 37.0 Å². The van der Waals surface area contributed by atoms with Crippen LogP contribution in [0.25, 0.3) is 0 Å². The number of alkyl carbamates (subject to hydrolysis) is 1. The number of Topliss-reactive ketones (excluding diaryl/α,β-unsaturated/α-hetero) is 1. The molecule has 1 fully saturated rings. The van der Waals surface area contributed by atoms with Crippen molar-refractivity contribution in [3.8, 4) is 0 Å². The van der Waals surface area contributed by atoms with Crippen molar-refractivity contribution >= 4 is 59.0 Å². The van der Waals surface area contributed by atoms with Crippen molar-refractivity contribution in [3.05, 3.63) is 29.8 Å². The summed E-state index contributed by atoms with van der Waals surface area (Å²) >= 11 is 0. The molecule has 1 aliphatic rings. The molecular formula is C34H49N7O11. The molecule has 1 aliphatic heterocycles. The van der Waals surface area contributed by atoms with Crippen molar-refractivity contribution in [3.63, 3.8) is 0 Å². The number of rotatable bonds is 17. The Morgan fingerprint density at radius 3 is 2.00 bits per heavy atom. The molecule has 0 unspecified atom stereocenters. The van der Waals surface area contributed by atoms with Crippen LogP contribution in [0.1, 0.15) is 72.3 Å². The van der Waals surface area contributed by atoms with Crippen LogP contribution in [0.4, 0.5) is 10.5 Å². The van der Waals surface area contributed by atoms with Crippen molar-refractivity contribution in [2.45, 2.75) is 91.5 Å². The van der Waals surface area contributed by atoms with E-state index in [1.165, 1.54) is 30.9 Å². The zero-order valence-corrected chi connectivity index (χ0v) is 30.0. The van der Waals surface area contributed by atoms with E-state index in [2.05, 4.69) is 26.6 Å². The summed E-state index contributed by atoms with van der Waals surface area (Å²) in [6, 6.07) is 2.43. The van der Waals surface area contributed by atoms with Crippen LogP contribution >= 0.6 is 0 Å². The fraction of sp³-hybridized carbons (Fsp3) is 0.559. The third kappa shape index (κ3) is 14.7. The van der Waals surface area contributed by atoms with E-state index in [9.17, 15) is 43.2 Å². The average Bonchev–Trinajstić information content (AvgIpc) is 3.08. The number of carboxylic acids is 1. The molecule has 0 aliphatic carbocycles. The van der Waals surface area contributed by atoms with Gasteiger partial charge < -0.3 is 47.1 Å². The number of nitrogens with one attached hydrogen (secondary N) is 5. The fourth-order valence-electron chi connectivity index (χ4n) is 4.78. The molecule has 1 heterocycles. The van der Waals surface area contributed by atoms with Crippen molar-refractivity contribution < 1.29 is 53.0 Å². The Labute approximate surface area is 301 Å². The minimum Gasteiger partial charge on any atom is -0.481 e. The Kier molecular flexibility index (Phi) is 16.2. The number of benzene rings is 1. The highest BCUT2D eigenvalue weighted by molar-refractivity contribution is 6.00. The molecule has 1 aromatic rings. The molecule has 1 aromatic carbocycles. The van der Waals surface area contributed by atoms with E-state index < -0.39 is 77.5 Å². The SMILES string of the molecule is C[C@H](NC(=O)CCC(=O)N1CCC(C(=O)O)CC1)C(=O)N[C@@H](C)C(=O)N[C@@H](CC(N)=O)C(=O)Nc1ccc(COC(=O)NCC(=O)C(C)(C)C)cc1. The highest BCUT2D eigenvalue weighted by Gasteiger charge is 2.29. The number of amides is 7. The van der Waals surface area contributed by atoms with Gasteiger partial charge in [-0.3, -0.25) is 38.4 Å². The maximum Gasteiger partial charge on any atom is 0.407 e. The number of carbonyl (C=O) groups excluding carboxylic acids is 8. The van der Waals surface area contributed by atoms with Crippen molar-refractivity contribution in [2.24, 2.45) is 17.1 Å². The van der Waals surface area contributed by atoms with Crippen molar-refractivity contribution in [2.75, 3.05) is 25.0 Å². The van der Waals surface area contributed by atoms with Crippen LogP contribution in [0.5, 0.6) is 0 Å². The van der Waals surface area contributed by atoms with Gasteiger partial charge in [-0.05, 0) is 44.4 Å². The highest BCUT2D eigenvalue weighted by Crippen LogP contribution is 2.18. The molecule has 3 atom stereocenters. The lowest BCUT2D eigenvalue weighted by Gasteiger charge is -2.30. The number of likely N-dealkylation sites (tertiary alicyclic amines) is 1. The van der Waals surface area contributed by atoms with E-state index in [0.717, 1.165) is 0 Å². The molecule has 286 valence electrons. The van der Waals surface area contributed by atoms with Gasteiger partial charge in [0.2, 0.25) is 35.4 Å². The first kappa shape index (κ1) is 42.6. The van der Waals surface area contributed by atoms with Crippen LogP contribution in [0.15, 0.2) is 24.3 Å². The minimum atomic E-state index is -1.41.